The van der Waals surface area contributed by atoms with Gasteiger partial charge in [-0.2, -0.15) is 0 Å². The van der Waals surface area contributed by atoms with Gasteiger partial charge >= 0.3 is 0 Å². The summed E-state index contributed by atoms with van der Waals surface area (Å²) in [5.74, 6) is 0.650. The third-order valence-corrected chi connectivity index (χ3v) is 5.40. The van der Waals surface area contributed by atoms with Crippen molar-refractivity contribution in [2.75, 3.05) is 0 Å². The van der Waals surface area contributed by atoms with Crippen molar-refractivity contribution in [3.05, 3.63) is 168 Å². The fourth-order valence-electron chi connectivity index (χ4n) is 3.95. The zero-order valence-electron chi connectivity index (χ0n) is 17.0. The summed E-state index contributed by atoms with van der Waals surface area (Å²) >= 11 is 0. The molecule has 0 heteroatoms. The fraction of sp³-hybridized carbons (Fsp3) is 0.0667. The average molecular weight is 387 g/mol. The number of hydrogen-bond acceptors (Lipinski definition) is 0. The number of allylic oxidation sites excluding steroid dienone is 28. The molecule has 0 saturated heterocycles. The number of hydrogen-bond donors (Lipinski definition) is 0. The molecule has 0 N–H and O–H groups in total. The lowest BCUT2D eigenvalue weighted by Crippen LogP contribution is -2.11. The third kappa shape index (κ3) is 4.85. The van der Waals surface area contributed by atoms with Crippen molar-refractivity contribution in [2.24, 2.45) is 11.8 Å². The Balaban J connectivity index is 1.69. The van der Waals surface area contributed by atoms with Gasteiger partial charge in [0, 0.05) is 11.8 Å². The van der Waals surface area contributed by atoms with Crippen LogP contribution in [0.2, 0.25) is 0 Å². The van der Waals surface area contributed by atoms with Gasteiger partial charge in [-0.15, -0.1) is 0 Å². The predicted molar refractivity (Wildman–Crippen MR) is 131 cm³/mol. The molecule has 0 amide bonds. The van der Waals surface area contributed by atoms with Crippen LogP contribution in [0.25, 0.3) is 0 Å². The molecule has 0 fully saturated rings. The van der Waals surface area contributed by atoms with Crippen molar-refractivity contribution < 1.29 is 0 Å². The molecule has 30 heavy (non-hydrogen) atoms. The van der Waals surface area contributed by atoms with Gasteiger partial charge in [0.25, 0.3) is 0 Å². The van der Waals surface area contributed by atoms with Crippen molar-refractivity contribution in [3.63, 3.8) is 0 Å². The van der Waals surface area contributed by atoms with Gasteiger partial charge in [0.15, 0.2) is 0 Å². The summed E-state index contributed by atoms with van der Waals surface area (Å²) in [6.45, 7) is 0. The van der Waals surface area contributed by atoms with Gasteiger partial charge in [-0.1, -0.05) is 146 Å². The van der Waals surface area contributed by atoms with Crippen LogP contribution in [0, 0.1) is 11.8 Å². The maximum Gasteiger partial charge on any atom is 0.0131 e. The van der Waals surface area contributed by atoms with Crippen LogP contribution in [0.1, 0.15) is 0 Å². The van der Waals surface area contributed by atoms with Crippen LogP contribution >= 0.6 is 0 Å². The number of rotatable bonds is 1. The second kappa shape index (κ2) is 10.2. The molecular weight excluding hydrogens is 360 g/mol. The van der Waals surface area contributed by atoms with Crippen LogP contribution < -0.4 is 0 Å². The standard InChI is InChI=1S/C30H26/c1-3-7-11-15-19-27-25(17-13-9-5-1)21-23-29(27)30-24-22-26-18-14-10-6-2-4-8-12-16-20-28(26)30/h1-24,29-30H. The lowest BCUT2D eigenvalue weighted by molar-refractivity contribution is 0.643. The SMILES string of the molecule is C1=CC=CC=CC2=C(C=CC=C1)C=CC2C1C=CC2=C1C=CC=CC=CC=CC=C2. The van der Waals surface area contributed by atoms with E-state index in [0.717, 1.165) is 0 Å². The molecule has 4 rings (SSSR count). The lowest BCUT2D eigenvalue weighted by atomic mass is 9.82. The van der Waals surface area contributed by atoms with Crippen molar-refractivity contribution in [3.8, 4) is 0 Å². The molecule has 4 aliphatic rings. The molecule has 0 bridgehead atoms. The largest absolute Gasteiger partial charge is 0.0755 e. The van der Waals surface area contributed by atoms with Gasteiger partial charge in [-0.3, -0.25) is 0 Å². The fourth-order valence-corrected chi connectivity index (χ4v) is 3.95. The molecule has 2 atom stereocenters. The smallest absolute Gasteiger partial charge is 0.0131 e. The zero-order valence-corrected chi connectivity index (χ0v) is 17.0. The van der Waals surface area contributed by atoms with Crippen molar-refractivity contribution >= 4 is 0 Å². The normalized spacial score (nSPS) is 24.8. The van der Waals surface area contributed by atoms with E-state index < -0.39 is 0 Å². The average Bonchev–Trinajstić information content (AvgIpc) is 3.31. The molecule has 0 nitrogen and oxygen atoms in total. The second-order valence-electron chi connectivity index (χ2n) is 7.34. The molecule has 0 saturated carbocycles. The van der Waals surface area contributed by atoms with E-state index in [4.69, 9.17) is 0 Å². The first kappa shape index (κ1) is 19.7. The molecule has 4 aliphatic carbocycles. The topological polar surface area (TPSA) is 0 Å². The first-order valence-corrected chi connectivity index (χ1v) is 10.5. The van der Waals surface area contributed by atoms with E-state index in [0.29, 0.717) is 11.8 Å². The lowest BCUT2D eigenvalue weighted by Gasteiger charge is -2.21. The Hall–Kier alpha value is -3.64. The van der Waals surface area contributed by atoms with E-state index >= 15 is 0 Å². The summed E-state index contributed by atoms with van der Waals surface area (Å²) in [4.78, 5) is 0. The molecule has 2 unspecified atom stereocenters. The monoisotopic (exact) mass is 386 g/mol. The highest BCUT2D eigenvalue weighted by molar-refractivity contribution is 5.57. The summed E-state index contributed by atoms with van der Waals surface area (Å²) in [6.07, 6.45) is 51.4. The van der Waals surface area contributed by atoms with E-state index in [1.807, 2.05) is 24.3 Å². The minimum atomic E-state index is 0.325. The maximum absolute atomic E-state index is 2.35. The van der Waals surface area contributed by atoms with Gasteiger partial charge in [-0.05, 0) is 22.3 Å². The minimum absolute atomic E-state index is 0.325. The third-order valence-electron chi connectivity index (χ3n) is 5.40. The highest BCUT2D eigenvalue weighted by Gasteiger charge is 2.29. The van der Waals surface area contributed by atoms with Crippen molar-refractivity contribution in [1.29, 1.82) is 0 Å². The van der Waals surface area contributed by atoms with E-state index in [1.54, 1.807) is 0 Å². The summed E-state index contributed by atoms with van der Waals surface area (Å²) in [5.41, 5.74) is 5.28. The molecule has 0 aromatic rings. The first-order chi connectivity index (χ1) is 14.9. The quantitative estimate of drug-likeness (QED) is 0.436. The summed E-state index contributed by atoms with van der Waals surface area (Å²) in [7, 11) is 0. The Bertz CT molecular complexity index is 985. The summed E-state index contributed by atoms with van der Waals surface area (Å²) in [6, 6.07) is 0. The van der Waals surface area contributed by atoms with Gasteiger partial charge in [0.2, 0.25) is 0 Å². The van der Waals surface area contributed by atoms with E-state index in [1.165, 1.54) is 22.3 Å². The minimum Gasteiger partial charge on any atom is -0.0755 e. The molecule has 0 aromatic carbocycles. The Morgan fingerprint density at radius 2 is 0.600 bits per heavy atom. The van der Waals surface area contributed by atoms with Crippen molar-refractivity contribution in [2.45, 2.75) is 0 Å². The van der Waals surface area contributed by atoms with Crippen molar-refractivity contribution in [1.82, 2.24) is 0 Å². The molecule has 146 valence electrons. The van der Waals surface area contributed by atoms with E-state index in [9.17, 15) is 0 Å². The van der Waals surface area contributed by atoms with Crippen LogP contribution in [-0.2, 0) is 0 Å². The Morgan fingerprint density at radius 1 is 0.300 bits per heavy atom. The molecule has 0 heterocycles. The van der Waals surface area contributed by atoms with E-state index in [-0.39, 0.29) is 0 Å². The van der Waals surface area contributed by atoms with Crippen LogP contribution in [0.4, 0.5) is 0 Å². The first-order valence-electron chi connectivity index (χ1n) is 10.5. The van der Waals surface area contributed by atoms with Crippen LogP contribution in [-0.4, -0.2) is 0 Å². The molecule has 0 radical (unpaired) electrons. The molecule has 0 aromatic heterocycles. The van der Waals surface area contributed by atoms with Crippen LogP contribution in [0.5, 0.6) is 0 Å². The van der Waals surface area contributed by atoms with Gasteiger partial charge in [-0.25, -0.2) is 0 Å². The van der Waals surface area contributed by atoms with Gasteiger partial charge < -0.3 is 0 Å². The van der Waals surface area contributed by atoms with E-state index in [2.05, 4.69) is 122 Å². The van der Waals surface area contributed by atoms with Gasteiger partial charge in [0.1, 0.15) is 0 Å². The molecule has 0 aliphatic heterocycles. The maximum atomic E-state index is 2.35. The second-order valence-corrected chi connectivity index (χ2v) is 7.34. The van der Waals surface area contributed by atoms with Crippen LogP contribution in [0.3, 0.4) is 0 Å². The van der Waals surface area contributed by atoms with Crippen LogP contribution in [0.15, 0.2) is 168 Å². The summed E-state index contributed by atoms with van der Waals surface area (Å²) < 4.78 is 0. The highest BCUT2D eigenvalue weighted by atomic mass is 14.3. The zero-order chi connectivity index (χ0) is 20.4. The van der Waals surface area contributed by atoms with Gasteiger partial charge in [0.05, 0.1) is 0 Å². The predicted octanol–water partition coefficient (Wildman–Crippen LogP) is 7.54. The Labute approximate surface area is 180 Å². The Kier molecular flexibility index (Phi) is 6.70. The molecular formula is C30H26. The highest BCUT2D eigenvalue weighted by Crippen LogP contribution is 2.41. The molecule has 0 spiro atoms. The Morgan fingerprint density at radius 3 is 0.967 bits per heavy atom. The summed E-state index contributed by atoms with van der Waals surface area (Å²) in [5, 5.41) is 0.